The molecule has 0 aliphatic heterocycles. The first-order valence-electron chi connectivity index (χ1n) is 23.4. The summed E-state index contributed by atoms with van der Waals surface area (Å²) < 4.78 is 25.4. The Bertz CT molecular complexity index is 3820. The Morgan fingerprint density at radius 2 is 0.614 bits per heavy atom. The summed E-state index contributed by atoms with van der Waals surface area (Å²) in [7, 11) is 0. The van der Waals surface area contributed by atoms with Gasteiger partial charge in [-0.1, -0.05) is 109 Å². The van der Waals surface area contributed by atoms with Crippen molar-refractivity contribution in [1.29, 1.82) is 0 Å². The molecule has 6 aromatic heterocycles. The Morgan fingerprint density at radius 1 is 0.314 bits per heavy atom. The Morgan fingerprint density at radius 3 is 0.986 bits per heavy atom. The number of fused-ring (bicyclic) bond motifs is 9. The second-order valence-corrected chi connectivity index (χ2v) is 17.7. The summed E-state index contributed by atoms with van der Waals surface area (Å²) in [6, 6.07) is 56.9. The lowest BCUT2D eigenvalue weighted by molar-refractivity contribution is 0.122. The standard InChI is InChI=1S/C60H42N6O4/c1-35-9-3-11-37-23-27-45(61-53(35)37)47-29-25-39-13-5-17-49(55(39)63-47)67-33-69-51-19-7-15-41-31-43-21-22-44-32-42-16-8-20-52(58(42)66-60(44)59(43)65-57(41)51)70-34-68-50-18-6-14-40-26-30-48(64-56(40)50)46-28-24-38-12-4-10-36(2)54(38)62-46/h3-20,23-32H,21-22,33-34H2,1-2H3. The summed E-state index contributed by atoms with van der Waals surface area (Å²) in [4.78, 5) is 30.6. The zero-order valence-corrected chi connectivity index (χ0v) is 38.3. The molecule has 6 heterocycles. The highest BCUT2D eigenvalue weighted by atomic mass is 16.7. The molecule has 0 unspecified atom stereocenters. The highest BCUT2D eigenvalue weighted by Gasteiger charge is 2.23. The molecule has 0 atom stereocenters. The van der Waals surface area contributed by atoms with Crippen LogP contribution in [-0.4, -0.2) is 43.5 Å². The van der Waals surface area contributed by atoms with E-state index in [4.69, 9.17) is 48.9 Å². The summed E-state index contributed by atoms with van der Waals surface area (Å²) in [6.45, 7) is 4.06. The van der Waals surface area contributed by atoms with E-state index in [0.717, 1.165) is 135 Å². The van der Waals surface area contributed by atoms with Crippen LogP contribution in [0.4, 0.5) is 0 Å². The monoisotopic (exact) mass is 910 g/mol. The number of hydrogen-bond donors (Lipinski definition) is 0. The normalized spacial score (nSPS) is 12.1. The van der Waals surface area contributed by atoms with Crippen molar-refractivity contribution in [3.63, 3.8) is 0 Å². The third-order valence-corrected chi connectivity index (χ3v) is 13.3. The van der Waals surface area contributed by atoms with Crippen molar-refractivity contribution < 1.29 is 18.9 Å². The lowest BCUT2D eigenvalue weighted by atomic mass is 9.90. The average Bonchev–Trinajstić information content (AvgIpc) is 3.40. The number of benzene rings is 6. The van der Waals surface area contributed by atoms with Crippen LogP contribution in [0.25, 0.3) is 99.6 Å². The van der Waals surface area contributed by atoms with Crippen LogP contribution in [0, 0.1) is 13.8 Å². The molecule has 13 rings (SSSR count). The van der Waals surface area contributed by atoms with Gasteiger partial charge in [0.25, 0.3) is 0 Å². The number of ether oxygens (including phenoxy) is 4. The second-order valence-electron chi connectivity index (χ2n) is 17.7. The third kappa shape index (κ3) is 7.37. The van der Waals surface area contributed by atoms with Crippen molar-refractivity contribution in [2.75, 3.05) is 13.6 Å². The van der Waals surface area contributed by atoms with Crippen LogP contribution < -0.4 is 18.9 Å². The number of hydrogen-bond acceptors (Lipinski definition) is 10. The zero-order chi connectivity index (χ0) is 46.7. The van der Waals surface area contributed by atoms with Gasteiger partial charge in [0.15, 0.2) is 0 Å². The fraction of sp³-hybridized carbons (Fsp3) is 0.100. The first kappa shape index (κ1) is 41.2. The van der Waals surface area contributed by atoms with Gasteiger partial charge in [-0.05, 0) is 110 Å². The second kappa shape index (κ2) is 16.9. The van der Waals surface area contributed by atoms with Gasteiger partial charge in [0.1, 0.15) is 45.1 Å². The molecule has 0 fully saturated rings. The highest BCUT2D eigenvalue weighted by Crippen LogP contribution is 2.39. The van der Waals surface area contributed by atoms with E-state index in [2.05, 4.69) is 98.8 Å². The highest BCUT2D eigenvalue weighted by molar-refractivity contribution is 5.93. The first-order valence-corrected chi connectivity index (χ1v) is 23.4. The minimum absolute atomic E-state index is 0.0457. The van der Waals surface area contributed by atoms with Crippen molar-refractivity contribution in [2.45, 2.75) is 26.7 Å². The van der Waals surface area contributed by atoms with Crippen LogP contribution >= 0.6 is 0 Å². The van der Waals surface area contributed by atoms with Crippen molar-refractivity contribution in [3.8, 4) is 57.2 Å². The lowest BCUT2D eigenvalue weighted by Crippen LogP contribution is -2.10. The van der Waals surface area contributed by atoms with Gasteiger partial charge >= 0.3 is 0 Å². The number of nitrogens with zero attached hydrogens (tertiary/aromatic N) is 6. The van der Waals surface area contributed by atoms with E-state index in [1.807, 2.05) is 84.9 Å². The molecular weight excluding hydrogens is 869 g/mol. The van der Waals surface area contributed by atoms with E-state index in [1.165, 1.54) is 0 Å². The number of aromatic nitrogens is 6. The van der Waals surface area contributed by atoms with Crippen molar-refractivity contribution in [2.24, 2.45) is 0 Å². The van der Waals surface area contributed by atoms with Crippen LogP contribution in [0.3, 0.4) is 0 Å². The predicted octanol–water partition coefficient (Wildman–Crippen LogP) is 13.5. The number of para-hydroxylation sites is 6. The van der Waals surface area contributed by atoms with E-state index in [9.17, 15) is 0 Å². The van der Waals surface area contributed by atoms with Gasteiger partial charge in [0.2, 0.25) is 13.6 Å². The van der Waals surface area contributed by atoms with Crippen LogP contribution in [0.5, 0.6) is 23.0 Å². The van der Waals surface area contributed by atoms with Gasteiger partial charge in [0, 0.05) is 32.3 Å². The number of aryl methyl sites for hydroxylation is 4. The zero-order valence-electron chi connectivity index (χ0n) is 38.3. The SMILES string of the molecule is Cc1cccc2ccc(-c3ccc4cccc(OCOc5cccc6cc7c(nc56)-c5nc6c(OCOc8cccc9ccc(-c%10ccc%11cccc(C)c%11n%10)nc89)cccc6cc5CC7)c4n3)nc12. The summed E-state index contributed by atoms with van der Waals surface area (Å²) in [6.07, 6.45) is 1.69. The molecule has 0 saturated carbocycles. The summed E-state index contributed by atoms with van der Waals surface area (Å²) in [5.41, 5.74) is 14.2. The van der Waals surface area contributed by atoms with Crippen molar-refractivity contribution in [1.82, 2.24) is 29.9 Å². The smallest absolute Gasteiger partial charge is 0.231 e. The van der Waals surface area contributed by atoms with Gasteiger partial charge < -0.3 is 18.9 Å². The van der Waals surface area contributed by atoms with Crippen LogP contribution in [0.15, 0.2) is 170 Å². The molecule has 0 radical (unpaired) electrons. The van der Waals surface area contributed by atoms with E-state index >= 15 is 0 Å². The first-order chi connectivity index (χ1) is 34.5. The fourth-order valence-corrected chi connectivity index (χ4v) is 9.67. The van der Waals surface area contributed by atoms with E-state index in [0.29, 0.717) is 23.0 Å². The van der Waals surface area contributed by atoms with E-state index < -0.39 is 0 Å². The van der Waals surface area contributed by atoms with Gasteiger partial charge in [-0.15, -0.1) is 0 Å². The van der Waals surface area contributed by atoms with E-state index in [-0.39, 0.29) is 13.6 Å². The topological polar surface area (TPSA) is 114 Å². The molecule has 0 saturated heterocycles. The summed E-state index contributed by atoms with van der Waals surface area (Å²) in [5.74, 6) is 2.45. The summed E-state index contributed by atoms with van der Waals surface area (Å²) in [5, 5.41) is 6.07. The molecule has 1 aliphatic rings. The Hall–Kier alpha value is -9.02. The number of pyridine rings is 6. The van der Waals surface area contributed by atoms with Crippen molar-refractivity contribution >= 4 is 65.4 Å². The van der Waals surface area contributed by atoms with Crippen LogP contribution in [0.2, 0.25) is 0 Å². The summed E-state index contributed by atoms with van der Waals surface area (Å²) >= 11 is 0. The quantitative estimate of drug-likeness (QED) is 0.123. The Balaban J connectivity index is 0.758. The molecule has 10 heteroatoms. The minimum atomic E-state index is -0.0457. The average molecular weight is 911 g/mol. The molecule has 12 aromatic rings. The molecule has 70 heavy (non-hydrogen) atoms. The van der Waals surface area contributed by atoms with Gasteiger partial charge in [0.05, 0.1) is 45.2 Å². The van der Waals surface area contributed by atoms with Crippen LogP contribution in [-0.2, 0) is 12.8 Å². The maximum atomic E-state index is 6.39. The van der Waals surface area contributed by atoms with Gasteiger partial charge in [-0.2, -0.15) is 0 Å². The predicted molar refractivity (Wildman–Crippen MR) is 277 cm³/mol. The van der Waals surface area contributed by atoms with E-state index in [1.54, 1.807) is 0 Å². The minimum Gasteiger partial charge on any atom is -0.455 e. The lowest BCUT2D eigenvalue weighted by Gasteiger charge is -2.21. The maximum Gasteiger partial charge on any atom is 0.231 e. The molecular formula is C60H42N6O4. The third-order valence-electron chi connectivity index (χ3n) is 13.3. The maximum absolute atomic E-state index is 6.39. The molecule has 6 aromatic carbocycles. The molecule has 0 amide bonds. The molecule has 336 valence electrons. The Labute approximate surface area is 402 Å². The number of rotatable bonds is 10. The van der Waals surface area contributed by atoms with Gasteiger partial charge in [-0.3, -0.25) is 0 Å². The van der Waals surface area contributed by atoms with Gasteiger partial charge in [-0.25, -0.2) is 29.9 Å². The molecule has 10 nitrogen and oxygen atoms in total. The molecule has 0 N–H and O–H groups in total. The largest absolute Gasteiger partial charge is 0.455 e. The fourth-order valence-electron chi connectivity index (χ4n) is 9.67. The molecule has 0 spiro atoms. The van der Waals surface area contributed by atoms with Crippen molar-refractivity contribution in [3.05, 3.63) is 192 Å². The molecule has 1 aliphatic carbocycles. The molecule has 0 bridgehead atoms. The Kier molecular flexibility index (Phi) is 9.97. The van der Waals surface area contributed by atoms with Crippen LogP contribution in [0.1, 0.15) is 22.3 Å².